The lowest BCUT2D eigenvalue weighted by Gasteiger charge is -2.13. The van der Waals surface area contributed by atoms with E-state index in [1.54, 1.807) is 36.4 Å². The zero-order valence-corrected chi connectivity index (χ0v) is 18.0. The molecule has 1 heterocycles. The fourth-order valence-electron chi connectivity index (χ4n) is 2.63. The number of thiocarbonyl (C=S) groups is 1. The molecule has 3 N–H and O–H groups in total. The van der Waals surface area contributed by atoms with E-state index >= 15 is 0 Å². The molecule has 1 amide bonds. The van der Waals surface area contributed by atoms with Gasteiger partial charge in [0, 0.05) is 5.56 Å². The Morgan fingerprint density at radius 2 is 1.90 bits per heavy atom. The summed E-state index contributed by atoms with van der Waals surface area (Å²) >= 11 is 17.4. The van der Waals surface area contributed by atoms with Crippen LogP contribution in [0.15, 0.2) is 52.9 Å². The van der Waals surface area contributed by atoms with E-state index in [9.17, 15) is 9.90 Å². The van der Waals surface area contributed by atoms with Gasteiger partial charge in [-0.05, 0) is 60.1 Å². The van der Waals surface area contributed by atoms with Gasteiger partial charge in [0.1, 0.15) is 11.5 Å². The van der Waals surface area contributed by atoms with Gasteiger partial charge >= 0.3 is 0 Å². The van der Waals surface area contributed by atoms with E-state index in [1.807, 2.05) is 19.9 Å². The topological polar surface area (TPSA) is 74.5 Å². The number of hydrogen-bond donors (Lipinski definition) is 3. The Bertz CT molecular complexity index is 1080. The Labute approximate surface area is 183 Å². The molecule has 0 saturated heterocycles. The predicted octanol–water partition coefficient (Wildman–Crippen LogP) is 6.21. The van der Waals surface area contributed by atoms with E-state index < -0.39 is 5.91 Å². The summed E-state index contributed by atoms with van der Waals surface area (Å²) < 4.78 is 5.60. The molecule has 0 aliphatic rings. The summed E-state index contributed by atoms with van der Waals surface area (Å²) in [4.78, 5) is 12.4. The standard InChI is InChI=1S/C21H18Cl2N2O3S/c1-11(2)12-6-7-16(26)15(10-12)24-21(29)25-20(27)18-9-8-17(28-18)13-4-3-5-14(22)19(13)23/h3-11,26H,1-2H3,(H2,24,25,27,29). The second-order valence-electron chi connectivity index (χ2n) is 6.60. The van der Waals surface area contributed by atoms with Gasteiger partial charge in [-0.2, -0.15) is 0 Å². The van der Waals surface area contributed by atoms with E-state index in [-0.39, 0.29) is 22.5 Å². The van der Waals surface area contributed by atoms with Gasteiger partial charge in [-0.3, -0.25) is 10.1 Å². The summed E-state index contributed by atoms with van der Waals surface area (Å²) in [5, 5.41) is 16.1. The van der Waals surface area contributed by atoms with Crippen molar-refractivity contribution in [3.63, 3.8) is 0 Å². The van der Waals surface area contributed by atoms with Crippen molar-refractivity contribution in [2.75, 3.05) is 5.32 Å². The number of phenolic OH excluding ortho intramolecular Hbond substituents is 1. The van der Waals surface area contributed by atoms with E-state index in [1.165, 1.54) is 6.07 Å². The molecule has 0 unspecified atom stereocenters. The first-order chi connectivity index (χ1) is 13.8. The van der Waals surface area contributed by atoms with Gasteiger partial charge in [-0.1, -0.05) is 49.2 Å². The van der Waals surface area contributed by atoms with Crippen LogP contribution in [0.5, 0.6) is 5.75 Å². The van der Waals surface area contributed by atoms with Crippen molar-refractivity contribution < 1.29 is 14.3 Å². The van der Waals surface area contributed by atoms with Crippen LogP contribution in [-0.4, -0.2) is 16.1 Å². The lowest BCUT2D eigenvalue weighted by molar-refractivity contribution is 0.0951. The molecule has 0 radical (unpaired) electrons. The van der Waals surface area contributed by atoms with Crippen molar-refractivity contribution in [3.8, 4) is 17.1 Å². The molecular formula is C21H18Cl2N2O3S. The van der Waals surface area contributed by atoms with E-state index in [0.29, 0.717) is 27.1 Å². The highest BCUT2D eigenvalue weighted by Gasteiger charge is 2.16. The molecule has 8 heteroatoms. The molecular weight excluding hydrogens is 431 g/mol. The third kappa shape index (κ3) is 4.90. The van der Waals surface area contributed by atoms with Gasteiger partial charge in [-0.25, -0.2) is 0 Å². The molecule has 0 spiro atoms. The fraction of sp³-hybridized carbons (Fsp3) is 0.143. The lowest BCUT2D eigenvalue weighted by atomic mass is 10.0. The minimum atomic E-state index is -0.536. The number of furan rings is 1. The molecule has 3 aromatic rings. The van der Waals surface area contributed by atoms with Crippen molar-refractivity contribution in [2.24, 2.45) is 0 Å². The molecule has 2 aromatic carbocycles. The number of carbonyl (C=O) groups is 1. The number of benzene rings is 2. The van der Waals surface area contributed by atoms with Gasteiger partial charge in [-0.15, -0.1) is 0 Å². The van der Waals surface area contributed by atoms with Gasteiger partial charge < -0.3 is 14.8 Å². The summed E-state index contributed by atoms with van der Waals surface area (Å²) in [6.07, 6.45) is 0. The SMILES string of the molecule is CC(C)c1ccc(O)c(NC(=S)NC(=O)c2ccc(-c3cccc(Cl)c3Cl)o2)c1. The minimum absolute atomic E-state index is 0.0295. The molecule has 0 bridgehead atoms. The first kappa shape index (κ1) is 21.2. The van der Waals surface area contributed by atoms with Gasteiger partial charge in [0.05, 0.1) is 15.7 Å². The van der Waals surface area contributed by atoms with Crippen LogP contribution in [0.4, 0.5) is 5.69 Å². The van der Waals surface area contributed by atoms with Crippen molar-refractivity contribution in [1.29, 1.82) is 0 Å². The van der Waals surface area contributed by atoms with Crippen molar-refractivity contribution in [1.82, 2.24) is 5.32 Å². The Hall–Kier alpha value is -2.54. The zero-order valence-electron chi connectivity index (χ0n) is 15.6. The maximum atomic E-state index is 12.4. The van der Waals surface area contributed by atoms with Crippen LogP contribution in [0, 0.1) is 0 Å². The van der Waals surface area contributed by atoms with Crippen LogP contribution in [0.2, 0.25) is 10.0 Å². The number of hydrogen-bond acceptors (Lipinski definition) is 4. The highest BCUT2D eigenvalue weighted by atomic mass is 35.5. The number of aromatic hydroxyl groups is 1. The molecule has 0 aliphatic carbocycles. The summed E-state index contributed by atoms with van der Waals surface area (Å²) in [7, 11) is 0. The predicted molar refractivity (Wildman–Crippen MR) is 120 cm³/mol. The van der Waals surface area contributed by atoms with Crippen molar-refractivity contribution in [2.45, 2.75) is 19.8 Å². The molecule has 5 nitrogen and oxygen atoms in total. The van der Waals surface area contributed by atoms with E-state index in [4.69, 9.17) is 39.8 Å². The van der Waals surface area contributed by atoms with E-state index in [2.05, 4.69) is 10.6 Å². The fourth-order valence-corrected chi connectivity index (χ4v) is 3.23. The highest BCUT2D eigenvalue weighted by molar-refractivity contribution is 7.80. The summed E-state index contributed by atoms with van der Waals surface area (Å²) in [5.74, 6) is 0.233. The Kier molecular flexibility index (Phi) is 6.47. The number of phenols is 1. The highest BCUT2D eigenvalue weighted by Crippen LogP contribution is 2.34. The smallest absolute Gasteiger partial charge is 0.293 e. The maximum absolute atomic E-state index is 12.4. The van der Waals surface area contributed by atoms with Gasteiger partial charge in [0.15, 0.2) is 10.9 Å². The van der Waals surface area contributed by atoms with Crippen molar-refractivity contribution >= 4 is 52.1 Å². The molecule has 0 saturated carbocycles. The number of anilines is 1. The Morgan fingerprint density at radius 3 is 2.62 bits per heavy atom. The van der Waals surface area contributed by atoms with Crippen LogP contribution >= 0.6 is 35.4 Å². The quantitative estimate of drug-likeness (QED) is 0.326. The van der Waals surface area contributed by atoms with Crippen LogP contribution in [-0.2, 0) is 0 Å². The summed E-state index contributed by atoms with van der Waals surface area (Å²) in [6, 6.07) is 13.5. The first-order valence-electron chi connectivity index (χ1n) is 8.75. The normalized spacial score (nSPS) is 10.8. The van der Waals surface area contributed by atoms with Gasteiger partial charge in [0.25, 0.3) is 5.91 Å². The molecule has 1 aromatic heterocycles. The third-order valence-electron chi connectivity index (χ3n) is 4.21. The Balaban J connectivity index is 1.71. The van der Waals surface area contributed by atoms with Crippen LogP contribution in [0.3, 0.4) is 0 Å². The average Bonchev–Trinajstić information content (AvgIpc) is 3.15. The number of carbonyl (C=O) groups excluding carboxylic acids is 1. The monoisotopic (exact) mass is 448 g/mol. The maximum Gasteiger partial charge on any atom is 0.293 e. The van der Waals surface area contributed by atoms with Crippen LogP contribution in [0.1, 0.15) is 35.9 Å². The molecule has 29 heavy (non-hydrogen) atoms. The molecule has 3 rings (SSSR count). The molecule has 0 fully saturated rings. The number of nitrogens with one attached hydrogen (secondary N) is 2. The molecule has 0 aliphatic heterocycles. The first-order valence-corrected chi connectivity index (χ1v) is 9.92. The van der Waals surface area contributed by atoms with Crippen LogP contribution < -0.4 is 10.6 Å². The zero-order chi connectivity index (χ0) is 21.1. The third-order valence-corrected chi connectivity index (χ3v) is 5.23. The van der Waals surface area contributed by atoms with Crippen molar-refractivity contribution in [3.05, 3.63) is 69.9 Å². The second kappa shape index (κ2) is 8.86. The number of halogens is 2. The van der Waals surface area contributed by atoms with E-state index in [0.717, 1.165) is 5.56 Å². The van der Waals surface area contributed by atoms with Crippen LogP contribution in [0.25, 0.3) is 11.3 Å². The van der Waals surface area contributed by atoms with Gasteiger partial charge in [0.2, 0.25) is 0 Å². The Morgan fingerprint density at radius 1 is 1.14 bits per heavy atom. The average molecular weight is 449 g/mol. The minimum Gasteiger partial charge on any atom is -0.506 e. The lowest BCUT2D eigenvalue weighted by Crippen LogP contribution is -2.33. The number of amides is 1. The largest absolute Gasteiger partial charge is 0.506 e. The summed E-state index contributed by atoms with van der Waals surface area (Å²) in [6.45, 7) is 4.08. The summed E-state index contributed by atoms with van der Waals surface area (Å²) in [5.41, 5.74) is 2.01. The molecule has 0 atom stereocenters. The molecule has 150 valence electrons. The number of rotatable bonds is 4. The second-order valence-corrected chi connectivity index (χ2v) is 7.80.